The third-order valence-electron chi connectivity index (χ3n) is 4.93. The van der Waals surface area contributed by atoms with Gasteiger partial charge in [-0.25, -0.2) is 0 Å². The molecule has 0 unspecified atom stereocenters. The van der Waals surface area contributed by atoms with E-state index in [9.17, 15) is 20.0 Å². The molecule has 1 aliphatic heterocycles. The third-order valence-corrected chi connectivity index (χ3v) is 4.93. The second-order valence-corrected chi connectivity index (χ2v) is 6.58. The molecule has 7 heteroatoms. The largest absolute Gasteiger partial charge is 0.392 e. The van der Waals surface area contributed by atoms with Gasteiger partial charge in [0, 0.05) is 25.1 Å². The Kier molecular flexibility index (Phi) is 6.90. The van der Waals surface area contributed by atoms with Gasteiger partial charge in [-0.2, -0.15) is 0 Å². The molecule has 2 N–H and O–H groups in total. The molecule has 1 saturated heterocycles. The van der Waals surface area contributed by atoms with Crippen molar-refractivity contribution in [1.82, 2.24) is 4.90 Å². The van der Waals surface area contributed by atoms with Crippen LogP contribution in [-0.4, -0.2) is 46.1 Å². The van der Waals surface area contributed by atoms with E-state index in [2.05, 4.69) is 10.2 Å². The summed E-state index contributed by atoms with van der Waals surface area (Å²) in [6.45, 7) is 5.08. The van der Waals surface area contributed by atoms with E-state index < -0.39 is 4.92 Å². The molecule has 0 spiro atoms. The zero-order valence-electron chi connectivity index (χ0n) is 14.9. The Morgan fingerprint density at radius 3 is 2.92 bits per heavy atom. The number of hydrogen-bond donors (Lipinski definition) is 2. The summed E-state index contributed by atoms with van der Waals surface area (Å²) in [5.74, 6) is -0.168. The summed E-state index contributed by atoms with van der Waals surface area (Å²) in [7, 11) is 0. The van der Waals surface area contributed by atoms with E-state index in [0.29, 0.717) is 30.6 Å². The number of carbonyl (C=O) groups excluding carboxylic acids is 1. The van der Waals surface area contributed by atoms with E-state index in [1.54, 1.807) is 19.1 Å². The van der Waals surface area contributed by atoms with Crippen LogP contribution >= 0.6 is 0 Å². The number of benzene rings is 1. The maximum absolute atomic E-state index is 12.3. The van der Waals surface area contributed by atoms with Crippen molar-refractivity contribution < 1.29 is 14.8 Å². The predicted octanol–water partition coefficient (Wildman–Crippen LogP) is 2.86. The molecular weight excluding hydrogens is 322 g/mol. The summed E-state index contributed by atoms with van der Waals surface area (Å²) in [6.07, 6.45) is 3.80. The number of nitro benzene ring substituents is 1. The number of rotatable bonds is 7. The molecule has 1 aromatic carbocycles. The Morgan fingerprint density at radius 1 is 1.48 bits per heavy atom. The van der Waals surface area contributed by atoms with Crippen LogP contribution in [0.3, 0.4) is 0 Å². The Bertz CT molecular complexity index is 620. The van der Waals surface area contributed by atoms with Gasteiger partial charge in [-0.3, -0.25) is 19.8 Å². The normalized spacial score (nSPS) is 19.4. The van der Waals surface area contributed by atoms with Crippen molar-refractivity contribution in [3.63, 3.8) is 0 Å². The van der Waals surface area contributed by atoms with Gasteiger partial charge >= 0.3 is 0 Å². The van der Waals surface area contributed by atoms with Gasteiger partial charge in [-0.05, 0) is 38.8 Å². The van der Waals surface area contributed by atoms with Gasteiger partial charge in [0.15, 0.2) is 0 Å². The fraction of sp³-hybridized carbons (Fsp3) is 0.611. The number of carbonyl (C=O) groups is 1. The Morgan fingerprint density at radius 2 is 2.24 bits per heavy atom. The van der Waals surface area contributed by atoms with Crippen LogP contribution in [0, 0.1) is 17.0 Å². The van der Waals surface area contributed by atoms with Crippen molar-refractivity contribution in [1.29, 1.82) is 0 Å². The molecule has 1 aliphatic rings. The number of anilines is 1. The molecule has 25 heavy (non-hydrogen) atoms. The first-order chi connectivity index (χ1) is 11.9. The minimum absolute atomic E-state index is 0.0000346. The number of nitrogens with one attached hydrogen (secondary N) is 1. The predicted molar refractivity (Wildman–Crippen MR) is 96.6 cm³/mol. The maximum Gasteiger partial charge on any atom is 0.274 e. The second kappa shape index (κ2) is 8.92. The van der Waals surface area contributed by atoms with Crippen LogP contribution in [0.4, 0.5) is 11.4 Å². The van der Waals surface area contributed by atoms with Gasteiger partial charge in [0.05, 0.1) is 22.3 Å². The van der Waals surface area contributed by atoms with E-state index in [1.807, 2.05) is 6.92 Å². The fourth-order valence-electron chi connectivity index (χ4n) is 3.42. The number of likely N-dealkylation sites (tertiary alicyclic amines) is 1. The molecule has 0 aliphatic carbocycles. The standard InChI is InChI=1S/C18H27N3O4/c1-3-17(22)16-8-4-5-11-20(16)12-10-18(23)19-14-7-6-9-15(13(14)2)21(24)25/h6-7,9,16-17,22H,3-5,8,10-12H2,1-2H3,(H,19,23)/t16-,17-/m1/s1. The zero-order valence-corrected chi connectivity index (χ0v) is 14.9. The highest BCUT2D eigenvalue weighted by Gasteiger charge is 2.27. The molecule has 138 valence electrons. The van der Waals surface area contributed by atoms with Crippen LogP contribution in [0.1, 0.15) is 44.6 Å². The van der Waals surface area contributed by atoms with Gasteiger partial charge in [0.25, 0.3) is 5.69 Å². The number of nitro groups is 1. The van der Waals surface area contributed by atoms with Crippen molar-refractivity contribution in [3.05, 3.63) is 33.9 Å². The van der Waals surface area contributed by atoms with E-state index in [4.69, 9.17) is 0 Å². The highest BCUT2D eigenvalue weighted by Crippen LogP contribution is 2.25. The highest BCUT2D eigenvalue weighted by molar-refractivity contribution is 5.92. The molecule has 1 aromatic rings. The van der Waals surface area contributed by atoms with Gasteiger partial charge in [0.2, 0.25) is 5.91 Å². The monoisotopic (exact) mass is 349 g/mol. The van der Waals surface area contributed by atoms with Crippen LogP contribution < -0.4 is 5.32 Å². The number of piperidine rings is 1. The van der Waals surface area contributed by atoms with Crippen LogP contribution in [0.25, 0.3) is 0 Å². The molecular formula is C18H27N3O4. The first-order valence-electron chi connectivity index (χ1n) is 8.90. The fourth-order valence-corrected chi connectivity index (χ4v) is 3.42. The SMILES string of the molecule is CC[C@@H](O)[C@H]1CCCCN1CCC(=O)Nc1cccc([N+](=O)[O-])c1C. The van der Waals surface area contributed by atoms with Crippen molar-refractivity contribution >= 4 is 17.3 Å². The van der Waals surface area contributed by atoms with Gasteiger partial charge in [-0.1, -0.05) is 19.4 Å². The molecule has 0 bridgehead atoms. The average molecular weight is 349 g/mol. The smallest absolute Gasteiger partial charge is 0.274 e. The second-order valence-electron chi connectivity index (χ2n) is 6.58. The van der Waals surface area contributed by atoms with E-state index in [1.165, 1.54) is 6.07 Å². The minimum atomic E-state index is -0.449. The van der Waals surface area contributed by atoms with Crippen molar-refractivity contribution in [2.24, 2.45) is 0 Å². The summed E-state index contributed by atoms with van der Waals surface area (Å²) >= 11 is 0. The summed E-state index contributed by atoms with van der Waals surface area (Å²) in [5, 5.41) is 23.9. The number of aliphatic hydroxyl groups excluding tert-OH is 1. The quantitative estimate of drug-likeness (QED) is 0.583. The van der Waals surface area contributed by atoms with Crippen LogP contribution in [0.5, 0.6) is 0 Å². The Labute approximate surface area is 148 Å². The first kappa shape index (κ1) is 19.3. The number of nitrogens with zero attached hydrogens (tertiary/aromatic N) is 2. The first-order valence-corrected chi connectivity index (χ1v) is 8.90. The summed E-state index contributed by atoms with van der Waals surface area (Å²) in [4.78, 5) is 25.0. The van der Waals surface area contributed by atoms with Crippen molar-refractivity contribution in [3.8, 4) is 0 Å². The minimum Gasteiger partial charge on any atom is -0.392 e. The summed E-state index contributed by atoms with van der Waals surface area (Å²) in [6, 6.07) is 4.78. The van der Waals surface area contributed by atoms with Gasteiger partial charge in [0.1, 0.15) is 0 Å². The van der Waals surface area contributed by atoms with Crippen LogP contribution in [0.2, 0.25) is 0 Å². The lowest BCUT2D eigenvalue weighted by Crippen LogP contribution is -2.47. The van der Waals surface area contributed by atoms with E-state index >= 15 is 0 Å². The lowest BCUT2D eigenvalue weighted by molar-refractivity contribution is -0.385. The van der Waals surface area contributed by atoms with Crippen LogP contribution in [-0.2, 0) is 4.79 Å². The average Bonchev–Trinajstić information content (AvgIpc) is 2.61. The van der Waals surface area contributed by atoms with E-state index in [0.717, 1.165) is 25.8 Å². The van der Waals surface area contributed by atoms with Gasteiger partial charge < -0.3 is 10.4 Å². The molecule has 2 atom stereocenters. The number of aliphatic hydroxyl groups is 1. The highest BCUT2D eigenvalue weighted by atomic mass is 16.6. The van der Waals surface area contributed by atoms with E-state index in [-0.39, 0.29) is 23.7 Å². The van der Waals surface area contributed by atoms with Gasteiger partial charge in [-0.15, -0.1) is 0 Å². The number of hydrogen-bond acceptors (Lipinski definition) is 5. The molecule has 0 radical (unpaired) electrons. The summed E-state index contributed by atoms with van der Waals surface area (Å²) in [5.41, 5.74) is 0.932. The van der Waals surface area contributed by atoms with Crippen molar-refractivity contribution in [2.45, 2.75) is 58.1 Å². The summed E-state index contributed by atoms with van der Waals surface area (Å²) < 4.78 is 0. The molecule has 7 nitrogen and oxygen atoms in total. The van der Waals surface area contributed by atoms with Crippen LogP contribution in [0.15, 0.2) is 18.2 Å². The topological polar surface area (TPSA) is 95.7 Å². The third kappa shape index (κ3) is 4.99. The molecule has 1 amide bonds. The molecule has 2 rings (SSSR count). The lowest BCUT2D eigenvalue weighted by Gasteiger charge is -2.38. The molecule has 1 fully saturated rings. The molecule has 0 aromatic heterocycles. The molecule has 1 heterocycles. The Hall–Kier alpha value is -1.99. The lowest BCUT2D eigenvalue weighted by atomic mass is 9.95. The molecule has 0 saturated carbocycles. The maximum atomic E-state index is 12.3. The number of amides is 1. The Balaban J connectivity index is 1.94. The van der Waals surface area contributed by atoms with Crippen molar-refractivity contribution in [2.75, 3.05) is 18.4 Å². The zero-order chi connectivity index (χ0) is 18.4.